The zero-order valence-corrected chi connectivity index (χ0v) is 9.05. The Morgan fingerprint density at radius 3 is 2.39 bits per heavy atom. The Labute approximate surface area is 99.7 Å². The number of hydrogen-bond acceptors (Lipinski definition) is 3. The molecule has 2 rings (SSSR count). The standard InChI is InChI=1S/C11H9F4NO2/c12-6-1-7(13)3-8(2-6)16-5-9-4-11(14,15)10(17)18-9/h1-3,9,16H,4-5H2. The van der Waals surface area contributed by atoms with Crippen LogP contribution in [0.4, 0.5) is 23.2 Å². The van der Waals surface area contributed by atoms with E-state index in [2.05, 4.69) is 10.1 Å². The van der Waals surface area contributed by atoms with Crippen LogP contribution in [0, 0.1) is 11.6 Å². The van der Waals surface area contributed by atoms with Crippen LogP contribution in [0.5, 0.6) is 0 Å². The number of esters is 1. The van der Waals surface area contributed by atoms with E-state index in [9.17, 15) is 22.4 Å². The Bertz CT molecular complexity index is 458. The number of carbonyl (C=O) groups is 1. The molecule has 0 bridgehead atoms. The number of alkyl halides is 2. The molecule has 0 saturated carbocycles. The van der Waals surface area contributed by atoms with E-state index in [1.54, 1.807) is 0 Å². The molecule has 0 radical (unpaired) electrons. The molecule has 1 heterocycles. The van der Waals surface area contributed by atoms with Crippen LogP contribution in [-0.4, -0.2) is 24.5 Å². The van der Waals surface area contributed by atoms with Crippen molar-refractivity contribution in [3.63, 3.8) is 0 Å². The van der Waals surface area contributed by atoms with Crippen LogP contribution >= 0.6 is 0 Å². The quantitative estimate of drug-likeness (QED) is 0.672. The first kappa shape index (κ1) is 12.7. The Morgan fingerprint density at radius 2 is 1.89 bits per heavy atom. The molecule has 1 aliphatic heterocycles. The maximum Gasteiger partial charge on any atom is 0.377 e. The zero-order chi connectivity index (χ0) is 13.3. The summed E-state index contributed by atoms with van der Waals surface area (Å²) in [6.07, 6.45) is -1.75. The van der Waals surface area contributed by atoms with Gasteiger partial charge in [-0.2, -0.15) is 8.78 Å². The third-order valence-electron chi connectivity index (χ3n) is 2.45. The molecule has 0 amide bonds. The van der Waals surface area contributed by atoms with Crippen LogP contribution in [0.1, 0.15) is 6.42 Å². The van der Waals surface area contributed by atoms with Crippen molar-refractivity contribution in [3.05, 3.63) is 29.8 Å². The van der Waals surface area contributed by atoms with E-state index in [0.29, 0.717) is 6.07 Å². The summed E-state index contributed by atoms with van der Waals surface area (Å²) in [7, 11) is 0. The molecule has 1 aliphatic rings. The van der Waals surface area contributed by atoms with Gasteiger partial charge in [-0.25, -0.2) is 13.6 Å². The predicted molar refractivity (Wildman–Crippen MR) is 54.3 cm³/mol. The molecule has 18 heavy (non-hydrogen) atoms. The molecule has 0 aliphatic carbocycles. The molecule has 3 nitrogen and oxygen atoms in total. The van der Waals surface area contributed by atoms with Gasteiger partial charge in [0.25, 0.3) is 0 Å². The normalized spacial score (nSPS) is 21.8. The minimum Gasteiger partial charge on any atom is -0.456 e. The van der Waals surface area contributed by atoms with Crippen molar-refractivity contribution < 1.29 is 27.1 Å². The summed E-state index contributed by atoms with van der Waals surface area (Å²) in [6, 6.07) is 2.71. The van der Waals surface area contributed by atoms with Crippen molar-refractivity contribution in [1.82, 2.24) is 0 Å². The van der Waals surface area contributed by atoms with Crippen LogP contribution in [-0.2, 0) is 9.53 Å². The van der Waals surface area contributed by atoms with E-state index >= 15 is 0 Å². The van der Waals surface area contributed by atoms with Crippen molar-refractivity contribution in [3.8, 4) is 0 Å². The van der Waals surface area contributed by atoms with Gasteiger partial charge in [-0.15, -0.1) is 0 Å². The maximum absolute atomic E-state index is 12.8. The number of halogens is 4. The first-order valence-corrected chi connectivity index (χ1v) is 5.16. The zero-order valence-electron chi connectivity index (χ0n) is 9.05. The molecule has 1 fully saturated rings. The summed E-state index contributed by atoms with van der Waals surface area (Å²) in [5, 5.41) is 2.54. The topological polar surface area (TPSA) is 38.3 Å². The Morgan fingerprint density at radius 1 is 1.28 bits per heavy atom. The number of rotatable bonds is 3. The van der Waals surface area contributed by atoms with Crippen molar-refractivity contribution in [2.24, 2.45) is 0 Å². The third-order valence-corrected chi connectivity index (χ3v) is 2.45. The van der Waals surface area contributed by atoms with Crippen LogP contribution in [0.25, 0.3) is 0 Å². The average molecular weight is 263 g/mol. The van der Waals surface area contributed by atoms with Crippen LogP contribution in [0.3, 0.4) is 0 Å². The lowest BCUT2D eigenvalue weighted by Gasteiger charge is -2.11. The summed E-state index contributed by atoms with van der Waals surface area (Å²) in [5.41, 5.74) is 0.0961. The van der Waals surface area contributed by atoms with Gasteiger partial charge in [0.15, 0.2) is 0 Å². The Kier molecular flexibility index (Phi) is 3.14. The molecule has 1 atom stereocenters. The maximum atomic E-state index is 12.8. The highest BCUT2D eigenvalue weighted by Gasteiger charge is 2.50. The molecular formula is C11H9F4NO2. The molecule has 98 valence electrons. The number of anilines is 1. The summed E-state index contributed by atoms with van der Waals surface area (Å²) in [5.74, 6) is -6.63. The predicted octanol–water partition coefficient (Wildman–Crippen LogP) is 2.33. The van der Waals surface area contributed by atoms with E-state index < -0.39 is 36.1 Å². The lowest BCUT2D eigenvalue weighted by Crippen LogP contribution is -2.22. The Balaban J connectivity index is 1.95. The molecule has 7 heteroatoms. The van der Waals surface area contributed by atoms with E-state index in [4.69, 9.17) is 0 Å². The van der Waals surface area contributed by atoms with Crippen molar-refractivity contribution in [2.75, 3.05) is 11.9 Å². The van der Waals surface area contributed by atoms with Gasteiger partial charge in [0.05, 0.1) is 13.0 Å². The molecular weight excluding hydrogens is 254 g/mol. The summed E-state index contributed by atoms with van der Waals surface area (Å²) in [4.78, 5) is 10.7. The Hall–Kier alpha value is -1.79. The second kappa shape index (κ2) is 4.47. The highest BCUT2D eigenvalue weighted by Crippen LogP contribution is 2.30. The van der Waals surface area contributed by atoms with Gasteiger partial charge in [0.1, 0.15) is 17.7 Å². The van der Waals surface area contributed by atoms with Crippen molar-refractivity contribution in [2.45, 2.75) is 18.4 Å². The smallest absolute Gasteiger partial charge is 0.377 e. The molecule has 1 N–H and O–H groups in total. The van der Waals surface area contributed by atoms with Crippen LogP contribution in [0.15, 0.2) is 18.2 Å². The van der Waals surface area contributed by atoms with Gasteiger partial charge < -0.3 is 10.1 Å². The van der Waals surface area contributed by atoms with Gasteiger partial charge in [0, 0.05) is 11.8 Å². The number of nitrogens with one attached hydrogen (secondary N) is 1. The number of benzene rings is 1. The largest absolute Gasteiger partial charge is 0.456 e. The number of carbonyl (C=O) groups excluding carboxylic acids is 1. The van der Waals surface area contributed by atoms with Gasteiger partial charge in [-0.3, -0.25) is 0 Å². The number of cyclic esters (lactones) is 1. The molecule has 1 unspecified atom stereocenters. The summed E-state index contributed by atoms with van der Waals surface area (Å²) >= 11 is 0. The van der Waals surface area contributed by atoms with E-state index in [1.807, 2.05) is 0 Å². The molecule has 1 aromatic rings. The monoisotopic (exact) mass is 263 g/mol. The van der Waals surface area contributed by atoms with Gasteiger partial charge >= 0.3 is 11.9 Å². The van der Waals surface area contributed by atoms with E-state index in [-0.39, 0.29) is 12.2 Å². The lowest BCUT2D eigenvalue weighted by molar-refractivity contribution is -0.158. The first-order chi connectivity index (χ1) is 8.37. The molecule has 0 spiro atoms. The van der Waals surface area contributed by atoms with E-state index in [0.717, 1.165) is 12.1 Å². The third kappa shape index (κ3) is 2.72. The fourth-order valence-corrected chi connectivity index (χ4v) is 1.65. The second-order valence-electron chi connectivity index (χ2n) is 3.97. The fourth-order valence-electron chi connectivity index (χ4n) is 1.65. The minimum absolute atomic E-state index is 0.0961. The van der Waals surface area contributed by atoms with Crippen LogP contribution in [0.2, 0.25) is 0 Å². The molecule has 0 aromatic heterocycles. The summed E-state index contributed by atoms with van der Waals surface area (Å²) in [6.45, 7) is -0.135. The van der Waals surface area contributed by atoms with Gasteiger partial charge in [-0.1, -0.05) is 0 Å². The average Bonchev–Trinajstić information content (AvgIpc) is 2.49. The summed E-state index contributed by atoms with van der Waals surface area (Å²) < 4.78 is 55.7. The number of hydrogen-bond donors (Lipinski definition) is 1. The van der Waals surface area contributed by atoms with Gasteiger partial charge in [0.2, 0.25) is 0 Å². The highest BCUT2D eigenvalue weighted by atomic mass is 19.3. The minimum atomic E-state index is -3.49. The number of ether oxygens (including phenoxy) is 1. The molecule has 1 saturated heterocycles. The highest BCUT2D eigenvalue weighted by molar-refractivity contribution is 5.79. The fraction of sp³-hybridized carbons (Fsp3) is 0.364. The first-order valence-electron chi connectivity index (χ1n) is 5.16. The second-order valence-corrected chi connectivity index (χ2v) is 3.97. The van der Waals surface area contributed by atoms with Crippen molar-refractivity contribution in [1.29, 1.82) is 0 Å². The molecule has 1 aromatic carbocycles. The lowest BCUT2D eigenvalue weighted by atomic mass is 10.2. The van der Waals surface area contributed by atoms with Crippen LogP contribution < -0.4 is 5.32 Å². The van der Waals surface area contributed by atoms with Crippen molar-refractivity contribution >= 4 is 11.7 Å². The van der Waals surface area contributed by atoms with E-state index in [1.165, 1.54) is 0 Å². The van der Waals surface area contributed by atoms with Gasteiger partial charge in [-0.05, 0) is 12.1 Å². The SMILES string of the molecule is O=C1OC(CNc2cc(F)cc(F)c2)CC1(F)F.